The van der Waals surface area contributed by atoms with Crippen LogP contribution >= 0.6 is 0 Å². The number of carbonyl (C=O) groups excluding carboxylic acids is 3. The van der Waals surface area contributed by atoms with E-state index in [9.17, 15) is 19.5 Å². The summed E-state index contributed by atoms with van der Waals surface area (Å²) in [6.45, 7) is 4.25. The smallest absolute Gasteiger partial charge is 0.306 e. The molecule has 0 aromatic rings. The van der Waals surface area contributed by atoms with Gasteiger partial charge in [0.1, 0.15) is 12.6 Å². The molecular formula is C41H65NO7. The number of aliphatic carboxylic acids is 1. The summed E-state index contributed by atoms with van der Waals surface area (Å²) in [5, 5.41) is 11.6. The number of allylic oxidation sites excluding steroid dienone is 14. The van der Waals surface area contributed by atoms with Crippen LogP contribution in [0.4, 0.5) is 0 Å². The van der Waals surface area contributed by atoms with E-state index in [-0.39, 0.29) is 49.5 Å². The first-order valence-corrected chi connectivity index (χ1v) is 18.1. The zero-order valence-electron chi connectivity index (χ0n) is 31.1. The van der Waals surface area contributed by atoms with Crippen LogP contribution in [-0.2, 0) is 28.6 Å². The molecule has 8 heteroatoms. The number of likely N-dealkylation sites (N-methyl/N-ethyl adjacent to an activating group) is 1. The third kappa shape index (κ3) is 30.3. The van der Waals surface area contributed by atoms with E-state index in [4.69, 9.17) is 14.2 Å². The number of unbranched alkanes of at least 4 members (excludes halogenated alkanes) is 2. The first kappa shape index (κ1) is 45.5. The molecule has 49 heavy (non-hydrogen) atoms. The summed E-state index contributed by atoms with van der Waals surface area (Å²) in [7, 11) is 5.34. The Kier molecular flexibility index (Phi) is 29.5. The van der Waals surface area contributed by atoms with Crippen LogP contribution in [-0.4, -0.2) is 75.5 Å². The third-order valence-electron chi connectivity index (χ3n) is 7.29. The predicted molar refractivity (Wildman–Crippen MR) is 198 cm³/mol. The SMILES string of the molecule is CC/C=C/C/C=C/C/C=C/C/C=C/C/C=C/CCC(=O)OC(COCCC(C(=O)[O-])[N+](C)(C)C)COC(=O)CCCC/C=C/C/C=C/CC. The zero-order valence-corrected chi connectivity index (χ0v) is 31.1. The highest BCUT2D eigenvalue weighted by Crippen LogP contribution is 2.09. The molecule has 0 rings (SSSR count). The topological polar surface area (TPSA) is 102 Å². The van der Waals surface area contributed by atoms with Crippen molar-refractivity contribution in [1.82, 2.24) is 0 Å². The average molecular weight is 684 g/mol. The number of esters is 2. The Hall–Kier alpha value is -3.49. The quantitative estimate of drug-likeness (QED) is 0.0331. The van der Waals surface area contributed by atoms with Crippen LogP contribution in [0.2, 0.25) is 0 Å². The Bertz CT molecular complexity index is 1080. The number of quaternary nitrogens is 1. The van der Waals surface area contributed by atoms with Gasteiger partial charge in [-0.3, -0.25) is 9.59 Å². The molecule has 0 fully saturated rings. The van der Waals surface area contributed by atoms with Gasteiger partial charge >= 0.3 is 11.9 Å². The maximum absolute atomic E-state index is 12.6. The second kappa shape index (κ2) is 31.8. The Balaban J connectivity index is 4.63. The van der Waals surface area contributed by atoms with Crippen LogP contribution in [0.3, 0.4) is 0 Å². The number of ether oxygens (including phenoxy) is 3. The zero-order chi connectivity index (χ0) is 36.4. The number of carboxylic acid groups (broad SMARTS) is 1. The van der Waals surface area contributed by atoms with Gasteiger partial charge in [0.2, 0.25) is 0 Å². The summed E-state index contributed by atoms with van der Waals surface area (Å²) in [5.41, 5.74) is 0. The molecule has 0 amide bonds. The predicted octanol–water partition coefficient (Wildman–Crippen LogP) is 7.68. The molecule has 0 aromatic carbocycles. The van der Waals surface area contributed by atoms with Crippen molar-refractivity contribution in [2.24, 2.45) is 0 Å². The summed E-state index contributed by atoms with van der Waals surface area (Å²) < 4.78 is 16.9. The first-order valence-electron chi connectivity index (χ1n) is 18.1. The third-order valence-corrected chi connectivity index (χ3v) is 7.29. The molecule has 276 valence electrons. The van der Waals surface area contributed by atoms with Gasteiger partial charge in [-0.25, -0.2) is 0 Å². The second-order valence-electron chi connectivity index (χ2n) is 12.7. The van der Waals surface area contributed by atoms with Crippen LogP contribution < -0.4 is 5.11 Å². The molecule has 0 N–H and O–H groups in total. The van der Waals surface area contributed by atoms with Gasteiger partial charge in [-0.15, -0.1) is 0 Å². The molecule has 0 bridgehead atoms. The van der Waals surface area contributed by atoms with Gasteiger partial charge < -0.3 is 28.6 Å². The van der Waals surface area contributed by atoms with Crippen molar-refractivity contribution in [2.45, 2.75) is 116 Å². The number of hydrogen-bond donors (Lipinski definition) is 0. The Morgan fingerprint density at radius 1 is 0.612 bits per heavy atom. The van der Waals surface area contributed by atoms with E-state index in [2.05, 4.69) is 86.8 Å². The molecule has 0 radical (unpaired) electrons. The number of nitrogens with zero attached hydrogens (tertiary/aromatic N) is 1. The molecule has 0 aliphatic carbocycles. The minimum Gasteiger partial charge on any atom is -0.544 e. The van der Waals surface area contributed by atoms with Crippen molar-refractivity contribution in [3.8, 4) is 0 Å². The highest BCUT2D eigenvalue weighted by Gasteiger charge is 2.25. The van der Waals surface area contributed by atoms with E-state index in [1.165, 1.54) is 0 Å². The monoisotopic (exact) mass is 683 g/mol. The van der Waals surface area contributed by atoms with E-state index in [1.54, 1.807) is 21.1 Å². The van der Waals surface area contributed by atoms with Crippen molar-refractivity contribution in [2.75, 3.05) is 41.0 Å². The highest BCUT2D eigenvalue weighted by atomic mass is 16.6. The summed E-state index contributed by atoms with van der Waals surface area (Å²) in [4.78, 5) is 36.5. The summed E-state index contributed by atoms with van der Waals surface area (Å²) >= 11 is 0. The lowest BCUT2D eigenvalue weighted by Gasteiger charge is -2.34. The summed E-state index contributed by atoms with van der Waals surface area (Å²) in [6.07, 6.45) is 39.3. The van der Waals surface area contributed by atoms with E-state index >= 15 is 0 Å². The number of carboxylic acids is 1. The van der Waals surface area contributed by atoms with Gasteiger partial charge in [-0.2, -0.15) is 0 Å². The lowest BCUT2D eigenvalue weighted by atomic mass is 10.1. The fourth-order valence-electron chi connectivity index (χ4n) is 4.51. The molecule has 8 nitrogen and oxygen atoms in total. The van der Waals surface area contributed by atoms with Gasteiger partial charge in [0, 0.05) is 19.3 Å². The fourth-order valence-corrected chi connectivity index (χ4v) is 4.51. The van der Waals surface area contributed by atoms with E-state index < -0.39 is 24.1 Å². The Morgan fingerprint density at radius 2 is 1.10 bits per heavy atom. The molecule has 0 heterocycles. The molecular weight excluding hydrogens is 618 g/mol. The van der Waals surface area contributed by atoms with Crippen molar-refractivity contribution in [1.29, 1.82) is 0 Å². The van der Waals surface area contributed by atoms with Crippen molar-refractivity contribution >= 4 is 17.9 Å². The Morgan fingerprint density at radius 3 is 1.59 bits per heavy atom. The lowest BCUT2D eigenvalue weighted by molar-refractivity contribution is -0.889. The lowest BCUT2D eigenvalue weighted by Crippen LogP contribution is -2.55. The average Bonchev–Trinajstić information content (AvgIpc) is 3.05. The first-order chi connectivity index (χ1) is 23.6. The van der Waals surface area contributed by atoms with E-state index in [1.807, 2.05) is 12.2 Å². The van der Waals surface area contributed by atoms with Crippen LogP contribution in [0.15, 0.2) is 85.1 Å². The van der Waals surface area contributed by atoms with Gasteiger partial charge in [0.05, 0.1) is 40.3 Å². The standard InChI is InChI=1S/C41H65NO7/c1-6-8-10-12-14-16-17-18-19-20-21-22-24-26-28-30-32-40(44)49-37(35-47-34-33-38(41(45)46)42(3,4)5)36-48-39(43)31-29-27-25-23-15-13-11-9-7-2/h8-11,14-16,18-19,21-23,26,28,37-38H,6-7,12-13,17,20,24-25,27,29-36H2,1-5H3/b10-8+,11-9+,16-14+,19-18+,22-21+,23-15+,28-26+. The van der Waals surface area contributed by atoms with Gasteiger partial charge in [0.25, 0.3) is 0 Å². The minimum absolute atomic E-state index is 0.00509. The van der Waals surface area contributed by atoms with Gasteiger partial charge in [-0.1, -0.05) is 98.9 Å². The van der Waals surface area contributed by atoms with Crippen LogP contribution in [0.25, 0.3) is 0 Å². The minimum atomic E-state index is -1.15. The maximum Gasteiger partial charge on any atom is 0.306 e. The van der Waals surface area contributed by atoms with Gasteiger partial charge in [0.15, 0.2) is 6.10 Å². The van der Waals surface area contributed by atoms with Crippen molar-refractivity contribution in [3.05, 3.63) is 85.1 Å². The second-order valence-corrected chi connectivity index (χ2v) is 12.7. The van der Waals surface area contributed by atoms with Crippen LogP contribution in [0.1, 0.15) is 104 Å². The number of rotatable bonds is 30. The number of carbonyl (C=O) groups is 3. The molecule has 0 aromatic heterocycles. The summed E-state index contributed by atoms with van der Waals surface area (Å²) in [5.74, 6) is -1.91. The van der Waals surface area contributed by atoms with E-state index in [0.29, 0.717) is 12.8 Å². The fraction of sp³-hybridized carbons (Fsp3) is 0.585. The molecule has 0 saturated heterocycles. The molecule has 2 atom stereocenters. The molecule has 0 spiro atoms. The maximum atomic E-state index is 12.6. The summed E-state index contributed by atoms with van der Waals surface area (Å²) in [6, 6.07) is -0.745. The molecule has 0 aliphatic rings. The van der Waals surface area contributed by atoms with Crippen molar-refractivity contribution in [3.63, 3.8) is 0 Å². The normalized spacial score (nSPS) is 14.1. The van der Waals surface area contributed by atoms with Crippen LogP contribution in [0.5, 0.6) is 0 Å². The molecule has 0 aliphatic heterocycles. The van der Waals surface area contributed by atoms with Crippen molar-refractivity contribution < 1.29 is 38.2 Å². The Labute approximate surface area is 297 Å². The molecule has 2 unspecified atom stereocenters. The highest BCUT2D eigenvalue weighted by molar-refractivity contribution is 5.70. The van der Waals surface area contributed by atoms with Gasteiger partial charge in [-0.05, 0) is 70.6 Å². The number of hydrogen-bond acceptors (Lipinski definition) is 7. The molecule has 0 saturated carbocycles. The van der Waals surface area contributed by atoms with E-state index in [0.717, 1.165) is 57.8 Å². The largest absolute Gasteiger partial charge is 0.544 e. The van der Waals surface area contributed by atoms with Crippen LogP contribution in [0, 0.1) is 0 Å².